The van der Waals surface area contributed by atoms with E-state index in [1.165, 1.54) is 24.3 Å². The van der Waals surface area contributed by atoms with Crippen LogP contribution in [0.5, 0.6) is 11.5 Å². The predicted molar refractivity (Wildman–Crippen MR) is 96.7 cm³/mol. The number of aliphatic hydroxyl groups excluding tert-OH is 1. The first-order chi connectivity index (χ1) is 11.9. The van der Waals surface area contributed by atoms with Gasteiger partial charge in [0.1, 0.15) is 4.90 Å². The van der Waals surface area contributed by atoms with Crippen LogP contribution in [-0.4, -0.2) is 20.1 Å². The van der Waals surface area contributed by atoms with E-state index in [0.717, 1.165) is 0 Å². The summed E-state index contributed by atoms with van der Waals surface area (Å²) in [6.07, 6.45) is 1.98. The van der Waals surface area contributed by atoms with Gasteiger partial charge in [0.15, 0.2) is 11.5 Å². The van der Waals surface area contributed by atoms with Gasteiger partial charge in [-0.15, -0.1) is 6.58 Å². The molecule has 0 radical (unpaired) electrons. The average molecular weight is 383 g/mol. The highest BCUT2D eigenvalue weighted by Gasteiger charge is 2.22. The van der Waals surface area contributed by atoms with Crippen LogP contribution in [-0.2, 0) is 23.1 Å². The Morgan fingerprint density at radius 3 is 2.48 bits per heavy atom. The van der Waals surface area contributed by atoms with E-state index in [-0.39, 0.29) is 23.0 Å². The highest BCUT2D eigenvalue weighted by Crippen LogP contribution is 2.36. The lowest BCUT2D eigenvalue weighted by Gasteiger charge is -2.16. The van der Waals surface area contributed by atoms with Crippen molar-refractivity contribution < 1.29 is 22.4 Å². The molecule has 0 spiro atoms. The first-order valence-electron chi connectivity index (χ1n) is 7.61. The summed E-state index contributed by atoms with van der Waals surface area (Å²) >= 11 is 5.80. The van der Waals surface area contributed by atoms with Crippen LogP contribution in [0.3, 0.4) is 0 Å². The Kier molecular flexibility index (Phi) is 6.47. The first kappa shape index (κ1) is 19.3. The minimum atomic E-state index is -4.07. The molecule has 2 aromatic rings. The Bertz CT molecular complexity index is 845. The number of hydrogen-bond donors (Lipinski definition) is 1. The molecule has 0 bridgehead atoms. The van der Waals surface area contributed by atoms with E-state index in [1.807, 2.05) is 0 Å². The zero-order valence-electron chi connectivity index (χ0n) is 13.7. The van der Waals surface area contributed by atoms with Crippen LogP contribution in [0, 0.1) is 0 Å². The Balaban J connectivity index is 2.52. The molecule has 134 valence electrons. The van der Waals surface area contributed by atoms with Crippen LogP contribution in [0.1, 0.15) is 18.1 Å². The fourth-order valence-electron chi connectivity index (χ4n) is 2.24. The summed E-state index contributed by atoms with van der Waals surface area (Å²) in [6, 6.07) is 8.90. The Hall–Kier alpha value is -2.02. The Labute approximate surface area is 152 Å². The third-order valence-electron chi connectivity index (χ3n) is 3.33. The number of halogens is 1. The summed E-state index contributed by atoms with van der Waals surface area (Å²) in [7, 11) is -4.07. The van der Waals surface area contributed by atoms with Gasteiger partial charge in [0.2, 0.25) is 0 Å². The minimum Gasteiger partial charge on any atom is -0.490 e. The SMILES string of the molecule is C=CCc1cc(CO)cc(OCC)c1OS(=O)(=O)c1ccc(Cl)cc1. The maximum Gasteiger partial charge on any atom is 0.339 e. The number of benzene rings is 2. The lowest BCUT2D eigenvalue weighted by molar-refractivity contribution is 0.279. The fraction of sp³-hybridized carbons (Fsp3) is 0.222. The molecular weight excluding hydrogens is 364 g/mol. The van der Waals surface area contributed by atoms with Gasteiger partial charge >= 0.3 is 10.1 Å². The van der Waals surface area contributed by atoms with E-state index in [2.05, 4.69) is 6.58 Å². The van der Waals surface area contributed by atoms with E-state index < -0.39 is 10.1 Å². The van der Waals surface area contributed by atoms with Crippen LogP contribution < -0.4 is 8.92 Å². The topological polar surface area (TPSA) is 72.8 Å². The third kappa shape index (κ3) is 4.75. The van der Waals surface area contributed by atoms with Crippen molar-refractivity contribution in [2.24, 2.45) is 0 Å². The van der Waals surface area contributed by atoms with Gasteiger partial charge in [0, 0.05) is 10.6 Å². The Morgan fingerprint density at radius 2 is 1.92 bits per heavy atom. The summed E-state index contributed by atoms with van der Waals surface area (Å²) in [5.41, 5.74) is 1.15. The van der Waals surface area contributed by atoms with E-state index in [9.17, 15) is 13.5 Å². The molecule has 0 fully saturated rings. The summed E-state index contributed by atoms with van der Waals surface area (Å²) in [5, 5.41) is 9.82. The molecular formula is C18H19ClO5S. The lowest BCUT2D eigenvalue weighted by Crippen LogP contribution is -2.12. The summed E-state index contributed by atoms with van der Waals surface area (Å²) in [5.74, 6) is 0.345. The van der Waals surface area contributed by atoms with Crippen molar-refractivity contribution in [1.82, 2.24) is 0 Å². The number of allylic oxidation sites excluding steroid dienone is 1. The van der Waals surface area contributed by atoms with Crippen LogP contribution in [0.25, 0.3) is 0 Å². The van der Waals surface area contributed by atoms with Crippen molar-refractivity contribution in [2.75, 3.05) is 6.61 Å². The summed E-state index contributed by atoms with van der Waals surface area (Å²) in [4.78, 5) is -0.0184. The van der Waals surface area contributed by atoms with Crippen LogP contribution in [0.2, 0.25) is 5.02 Å². The second kappa shape index (κ2) is 8.38. The first-order valence-corrected chi connectivity index (χ1v) is 9.40. The van der Waals surface area contributed by atoms with Gasteiger partial charge in [-0.05, 0) is 55.3 Å². The molecule has 0 aliphatic carbocycles. The molecule has 0 aliphatic rings. The fourth-order valence-corrected chi connectivity index (χ4v) is 3.34. The second-order valence-corrected chi connectivity index (χ2v) is 7.14. The van der Waals surface area contributed by atoms with Gasteiger partial charge in [-0.25, -0.2) is 0 Å². The molecule has 2 aromatic carbocycles. The van der Waals surface area contributed by atoms with E-state index in [1.54, 1.807) is 25.1 Å². The highest BCUT2D eigenvalue weighted by atomic mass is 35.5. The largest absolute Gasteiger partial charge is 0.490 e. The van der Waals surface area contributed by atoms with Crippen molar-refractivity contribution in [1.29, 1.82) is 0 Å². The van der Waals surface area contributed by atoms with Gasteiger partial charge in [-0.2, -0.15) is 8.42 Å². The number of hydrogen-bond acceptors (Lipinski definition) is 5. The number of ether oxygens (including phenoxy) is 1. The lowest BCUT2D eigenvalue weighted by atomic mass is 10.1. The minimum absolute atomic E-state index is 0.0184. The second-order valence-electron chi connectivity index (χ2n) is 5.16. The van der Waals surface area contributed by atoms with Crippen LogP contribution >= 0.6 is 11.6 Å². The van der Waals surface area contributed by atoms with E-state index in [4.69, 9.17) is 20.5 Å². The summed E-state index contributed by atoms with van der Waals surface area (Å²) in [6.45, 7) is 5.56. The van der Waals surface area contributed by atoms with Crippen LogP contribution in [0.15, 0.2) is 53.9 Å². The molecule has 25 heavy (non-hydrogen) atoms. The standard InChI is InChI=1S/C18H19ClO5S/c1-3-5-14-10-13(12-20)11-17(23-4-2)18(14)24-25(21,22)16-8-6-15(19)7-9-16/h3,6-11,20H,1,4-5,12H2,2H3. The van der Waals surface area contributed by atoms with E-state index in [0.29, 0.717) is 29.2 Å². The zero-order valence-corrected chi connectivity index (χ0v) is 15.3. The van der Waals surface area contributed by atoms with Crippen molar-refractivity contribution >= 4 is 21.7 Å². The van der Waals surface area contributed by atoms with E-state index >= 15 is 0 Å². The monoisotopic (exact) mass is 382 g/mol. The molecule has 0 aliphatic heterocycles. The maximum atomic E-state index is 12.6. The van der Waals surface area contributed by atoms with Gasteiger partial charge in [-0.1, -0.05) is 17.7 Å². The van der Waals surface area contributed by atoms with Crippen molar-refractivity contribution in [2.45, 2.75) is 24.8 Å². The molecule has 0 saturated carbocycles. The van der Waals surface area contributed by atoms with Crippen molar-refractivity contribution in [3.63, 3.8) is 0 Å². The molecule has 2 rings (SSSR count). The normalized spacial score (nSPS) is 11.2. The highest BCUT2D eigenvalue weighted by molar-refractivity contribution is 7.87. The molecule has 0 aromatic heterocycles. The molecule has 1 N–H and O–H groups in total. The van der Waals surface area contributed by atoms with Crippen molar-refractivity contribution in [3.05, 3.63) is 65.2 Å². The van der Waals surface area contributed by atoms with Gasteiger partial charge in [-0.3, -0.25) is 0 Å². The molecule has 0 heterocycles. The average Bonchev–Trinajstić information content (AvgIpc) is 2.58. The molecule has 0 saturated heterocycles. The molecule has 7 heteroatoms. The van der Waals surface area contributed by atoms with Gasteiger partial charge in [0.25, 0.3) is 0 Å². The van der Waals surface area contributed by atoms with Crippen molar-refractivity contribution in [3.8, 4) is 11.5 Å². The number of rotatable bonds is 8. The van der Waals surface area contributed by atoms with Gasteiger partial charge < -0.3 is 14.0 Å². The smallest absolute Gasteiger partial charge is 0.339 e. The quantitative estimate of drug-likeness (QED) is 0.556. The molecule has 5 nitrogen and oxygen atoms in total. The van der Waals surface area contributed by atoms with Crippen LogP contribution in [0.4, 0.5) is 0 Å². The maximum absolute atomic E-state index is 12.6. The predicted octanol–water partition coefficient (Wildman–Crippen LogP) is 3.73. The zero-order chi connectivity index (χ0) is 18.4. The molecule has 0 atom stereocenters. The number of aliphatic hydroxyl groups is 1. The Morgan fingerprint density at radius 1 is 1.24 bits per heavy atom. The molecule has 0 amide bonds. The summed E-state index contributed by atoms with van der Waals surface area (Å²) < 4.78 is 36.0. The van der Waals surface area contributed by atoms with Gasteiger partial charge in [0.05, 0.1) is 13.2 Å². The third-order valence-corrected chi connectivity index (χ3v) is 4.82. The molecule has 0 unspecified atom stereocenters.